The molecule has 0 spiro atoms. The van der Waals surface area contributed by atoms with Gasteiger partial charge in [-0.1, -0.05) is 35.6 Å². The highest BCUT2D eigenvalue weighted by Crippen LogP contribution is 2.36. The number of nitrogens with zero attached hydrogens (tertiary/aromatic N) is 4. The Kier molecular flexibility index (Phi) is 7.11. The van der Waals surface area contributed by atoms with Crippen LogP contribution in [0, 0.1) is 0 Å². The van der Waals surface area contributed by atoms with Gasteiger partial charge in [-0.25, -0.2) is 9.97 Å². The molecule has 1 amide bonds. The number of alkyl halides is 3. The monoisotopic (exact) mass is 550 g/mol. The molecular formula is C27H21F3N6O2S. The van der Waals surface area contributed by atoms with Crippen molar-refractivity contribution in [3.8, 4) is 22.9 Å². The third-order valence-corrected chi connectivity index (χ3v) is 6.56. The van der Waals surface area contributed by atoms with Crippen LogP contribution in [0.15, 0.2) is 73.1 Å². The molecule has 0 aliphatic carbocycles. The minimum absolute atomic E-state index is 0.155. The van der Waals surface area contributed by atoms with Crippen molar-refractivity contribution in [1.29, 1.82) is 0 Å². The Morgan fingerprint density at radius 2 is 1.82 bits per heavy atom. The fraction of sp³-hybridized carbons (Fsp3) is 0.148. The lowest BCUT2D eigenvalue weighted by Gasteiger charge is -2.16. The summed E-state index contributed by atoms with van der Waals surface area (Å²) in [4.78, 5) is 29.1. The van der Waals surface area contributed by atoms with Crippen molar-refractivity contribution >= 4 is 38.5 Å². The number of carbonyl (C=O) groups is 1. The first-order chi connectivity index (χ1) is 18.7. The highest BCUT2D eigenvalue weighted by atomic mass is 32.1. The SMILES string of the molecule is CC(=O)Nc1nc2c(Oc3cc(-c4ccc(C(F)(F)F)cc4)nc(NC(C)c4cccnc4)n3)cccc2s1. The Morgan fingerprint density at radius 3 is 2.51 bits per heavy atom. The Hall–Kier alpha value is -4.58. The number of carbonyl (C=O) groups excluding carboxylic acids is 1. The van der Waals surface area contributed by atoms with Crippen LogP contribution in [0.4, 0.5) is 24.3 Å². The smallest absolute Gasteiger partial charge is 0.416 e. The van der Waals surface area contributed by atoms with Gasteiger partial charge in [0.1, 0.15) is 5.52 Å². The summed E-state index contributed by atoms with van der Waals surface area (Å²) in [5, 5.41) is 6.30. The fourth-order valence-corrected chi connectivity index (χ4v) is 4.68. The lowest BCUT2D eigenvalue weighted by molar-refractivity contribution is -0.137. The van der Waals surface area contributed by atoms with Gasteiger partial charge in [-0.15, -0.1) is 0 Å². The average molecular weight is 551 g/mol. The lowest BCUT2D eigenvalue weighted by atomic mass is 10.1. The predicted octanol–water partition coefficient (Wildman–Crippen LogP) is 7.09. The molecule has 8 nitrogen and oxygen atoms in total. The second-order valence-electron chi connectivity index (χ2n) is 8.55. The summed E-state index contributed by atoms with van der Waals surface area (Å²) in [6.45, 7) is 3.30. The number of aromatic nitrogens is 4. The summed E-state index contributed by atoms with van der Waals surface area (Å²) in [6, 6.07) is 15.1. The number of benzene rings is 2. The van der Waals surface area contributed by atoms with Crippen LogP contribution in [0.25, 0.3) is 21.5 Å². The third-order valence-electron chi connectivity index (χ3n) is 5.62. The number of rotatable bonds is 7. The molecule has 3 aromatic heterocycles. The molecule has 12 heteroatoms. The van der Waals surface area contributed by atoms with E-state index < -0.39 is 11.7 Å². The first kappa shape index (κ1) is 26.0. The van der Waals surface area contributed by atoms with E-state index in [2.05, 4.69) is 30.6 Å². The van der Waals surface area contributed by atoms with E-state index in [-0.39, 0.29) is 23.8 Å². The van der Waals surface area contributed by atoms with Crippen LogP contribution < -0.4 is 15.4 Å². The number of thiazole rings is 1. The van der Waals surface area contributed by atoms with Crippen molar-refractivity contribution in [2.45, 2.75) is 26.1 Å². The van der Waals surface area contributed by atoms with E-state index in [4.69, 9.17) is 4.74 Å². The van der Waals surface area contributed by atoms with Crippen LogP contribution in [0.5, 0.6) is 11.6 Å². The van der Waals surface area contributed by atoms with Crippen LogP contribution >= 0.6 is 11.3 Å². The first-order valence-corrected chi connectivity index (χ1v) is 12.6. The number of ether oxygens (including phenoxy) is 1. The molecule has 3 heterocycles. The molecule has 5 aromatic rings. The maximum absolute atomic E-state index is 13.1. The normalized spacial score (nSPS) is 12.2. The summed E-state index contributed by atoms with van der Waals surface area (Å²) in [7, 11) is 0. The number of fused-ring (bicyclic) bond motifs is 1. The van der Waals surface area contributed by atoms with Gasteiger partial charge in [0.2, 0.25) is 17.7 Å². The zero-order valence-electron chi connectivity index (χ0n) is 20.7. The number of halogens is 3. The van der Waals surface area contributed by atoms with E-state index in [0.29, 0.717) is 27.7 Å². The highest BCUT2D eigenvalue weighted by molar-refractivity contribution is 7.22. The number of nitrogens with one attached hydrogen (secondary N) is 2. The van der Waals surface area contributed by atoms with Gasteiger partial charge in [0.05, 0.1) is 22.0 Å². The molecule has 1 unspecified atom stereocenters. The highest BCUT2D eigenvalue weighted by Gasteiger charge is 2.30. The molecule has 0 bridgehead atoms. The lowest BCUT2D eigenvalue weighted by Crippen LogP contribution is -2.10. The molecule has 2 aromatic carbocycles. The van der Waals surface area contributed by atoms with Crippen LogP contribution in [0.1, 0.15) is 31.0 Å². The Labute approximate surface area is 224 Å². The molecule has 2 N–H and O–H groups in total. The fourth-order valence-electron chi connectivity index (χ4n) is 3.75. The maximum atomic E-state index is 13.1. The molecular weight excluding hydrogens is 529 g/mol. The molecule has 0 saturated heterocycles. The molecule has 1 atom stereocenters. The van der Waals surface area contributed by atoms with Gasteiger partial charge < -0.3 is 15.4 Å². The van der Waals surface area contributed by atoms with Crippen molar-refractivity contribution in [2.24, 2.45) is 0 Å². The van der Waals surface area contributed by atoms with Crippen LogP contribution in [0.2, 0.25) is 0 Å². The molecule has 0 fully saturated rings. The second kappa shape index (κ2) is 10.7. The molecule has 0 saturated carbocycles. The molecule has 198 valence electrons. The van der Waals surface area contributed by atoms with Gasteiger partial charge >= 0.3 is 6.18 Å². The summed E-state index contributed by atoms with van der Waals surface area (Å²) < 4.78 is 46.2. The summed E-state index contributed by atoms with van der Waals surface area (Å²) in [5.74, 6) is 0.515. The molecule has 39 heavy (non-hydrogen) atoms. The maximum Gasteiger partial charge on any atom is 0.416 e. The standard InChI is InChI=1S/C27H21F3N6O2S/c1-15(18-5-4-12-31-14-18)32-25-34-20(17-8-10-19(11-9-17)27(28,29)30)13-23(35-25)38-21-6-3-7-22-24(21)36-26(39-22)33-16(2)37/h3-15H,1-2H3,(H,32,34,35)(H,33,36,37). The summed E-state index contributed by atoms with van der Waals surface area (Å²) in [6.07, 6.45) is -1.07. The van der Waals surface area contributed by atoms with E-state index >= 15 is 0 Å². The number of amides is 1. The molecule has 0 aliphatic rings. The van der Waals surface area contributed by atoms with Crippen LogP contribution in [-0.2, 0) is 11.0 Å². The Balaban J connectivity index is 1.52. The van der Waals surface area contributed by atoms with Crippen molar-refractivity contribution in [3.05, 3.63) is 84.2 Å². The van der Waals surface area contributed by atoms with Gasteiger partial charge in [0, 0.05) is 30.9 Å². The van der Waals surface area contributed by atoms with E-state index in [9.17, 15) is 18.0 Å². The van der Waals surface area contributed by atoms with Crippen LogP contribution in [-0.4, -0.2) is 25.8 Å². The molecule has 5 rings (SSSR count). The summed E-state index contributed by atoms with van der Waals surface area (Å²) in [5.41, 5.74) is 1.47. The minimum atomic E-state index is -4.45. The van der Waals surface area contributed by atoms with Gasteiger partial charge in [-0.2, -0.15) is 18.2 Å². The van der Waals surface area contributed by atoms with Gasteiger partial charge in [0.15, 0.2) is 10.9 Å². The van der Waals surface area contributed by atoms with E-state index in [1.54, 1.807) is 30.6 Å². The van der Waals surface area contributed by atoms with E-state index in [0.717, 1.165) is 22.4 Å². The number of pyridine rings is 1. The Morgan fingerprint density at radius 1 is 1.03 bits per heavy atom. The zero-order valence-corrected chi connectivity index (χ0v) is 21.5. The van der Waals surface area contributed by atoms with Crippen molar-refractivity contribution < 1.29 is 22.7 Å². The van der Waals surface area contributed by atoms with Crippen molar-refractivity contribution in [2.75, 3.05) is 10.6 Å². The topological polar surface area (TPSA) is 102 Å². The molecule has 0 aliphatic heterocycles. The van der Waals surface area contributed by atoms with E-state index in [1.165, 1.54) is 30.4 Å². The number of anilines is 2. The first-order valence-electron chi connectivity index (χ1n) is 11.7. The van der Waals surface area contributed by atoms with E-state index in [1.807, 2.05) is 25.1 Å². The zero-order chi connectivity index (χ0) is 27.6. The largest absolute Gasteiger partial charge is 0.437 e. The summed E-state index contributed by atoms with van der Waals surface area (Å²) >= 11 is 1.30. The number of hydrogen-bond donors (Lipinski definition) is 2. The second-order valence-corrected chi connectivity index (χ2v) is 9.58. The number of para-hydroxylation sites is 1. The third kappa shape index (κ3) is 6.12. The predicted molar refractivity (Wildman–Crippen MR) is 143 cm³/mol. The van der Waals surface area contributed by atoms with Crippen LogP contribution in [0.3, 0.4) is 0 Å². The van der Waals surface area contributed by atoms with Gasteiger partial charge in [-0.3, -0.25) is 9.78 Å². The van der Waals surface area contributed by atoms with Crippen molar-refractivity contribution in [1.82, 2.24) is 19.9 Å². The Bertz CT molecular complexity index is 1620. The quantitative estimate of drug-likeness (QED) is 0.223. The average Bonchev–Trinajstić information content (AvgIpc) is 3.31. The molecule has 0 radical (unpaired) electrons. The van der Waals surface area contributed by atoms with Gasteiger partial charge in [0.25, 0.3) is 0 Å². The minimum Gasteiger partial charge on any atom is -0.437 e. The van der Waals surface area contributed by atoms with Crippen molar-refractivity contribution in [3.63, 3.8) is 0 Å². The number of hydrogen-bond acceptors (Lipinski definition) is 8. The van der Waals surface area contributed by atoms with Gasteiger partial charge in [-0.05, 0) is 42.8 Å².